The number of nitrogens with zero attached hydrogens (tertiary/aromatic N) is 1. The molecular weight excluding hydrogens is 326 g/mol. The van der Waals surface area contributed by atoms with Crippen LogP contribution < -0.4 is 0 Å². The first kappa shape index (κ1) is 20.6. The van der Waals surface area contributed by atoms with Gasteiger partial charge >= 0.3 is 0 Å². The van der Waals surface area contributed by atoms with Gasteiger partial charge in [0.25, 0.3) is 0 Å². The summed E-state index contributed by atoms with van der Waals surface area (Å²) in [5, 5.41) is 29.3. The molecule has 4 nitrogen and oxygen atoms in total. The van der Waals surface area contributed by atoms with E-state index in [-0.39, 0.29) is 19.1 Å². The molecule has 0 saturated heterocycles. The highest BCUT2D eigenvalue weighted by Crippen LogP contribution is 2.19. The van der Waals surface area contributed by atoms with Crippen molar-refractivity contribution in [2.75, 3.05) is 26.3 Å². The molecular formula is C22H31NO3. The first-order valence-electron chi connectivity index (χ1n) is 9.41. The van der Waals surface area contributed by atoms with Crippen molar-refractivity contribution in [2.45, 2.75) is 31.9 Å². The summed E-state index contributed by atoms with van der Waals surface area (Å²) in [4.78, 5) is 2.08. The largest absolute Gasteiger partial charge is 0.396 e. The van der Waals surface area contributed by atoms with Crippen LogP contribution in [0.4, 0.5) is 0 Å². The maximum Gasteiger partial charge on any atom is 0.0670 e. The highest BCUT2D eigenvalue weighted by molar-refractivity contribution is 5.15. The Morgan fingerprint density at radius 2 is 1.42 bits per heavy atom. The number of aliphatic hydroxyl groups excluding tert-OH is 3. The molecule has 0 bridgehead atoms. The zero-order valence-electron chi connectivity index (χ0n) is 15.4. The van der Waals surface area contributed by atoms with Gasteiger partial charge in [0.1, 0.15) is 0 Å². The molecule has 2 aromatic rings. The molecule has 0 spiro atoms. The van der Waals surface area contributed by atoms with Gasteiger partial charge in [-0.25, -0.2) is 0 Å². The minimum Gasteiger partial charge on any atom is -0.396 e. The Bertz CT molecular complexity index is 537. The molecule has 2 rings (SSSR count). The molecule has 0 aliphatic rings. The Hall–Kier alpha value is -1.72. The van der Waals surface area contributed by atoms with Gasteiger partial charge in [-0.1, -0.05) is 60.7 Å². The molecule has 0 amide bonds. The van der Waals surface area contributed by atoms with Crippen molar-refractivity contribution in [3.63, 3.8) is 0 Å². The lowest BCUT2D eigenvalue weighted by Crippen LogP contribution is -2.35. The molecule has 2 aromatic carbocycles. The van der Waals surface area contributed by atoms with Gasteiger partial charge in [-0.05, 0) is 36.3 Å². The van der Waals surface area contributed by atoms with Crippen LogP contribution >= 0.6 is 0 Å². The van der Waals surface area contributed by atoms with Crippen molar-refractivity contribution in [2.24, 2.45) is 5.92 Å². The fourth-order valence-electron chi connectivity index (χ4n) is 3.41. The van der Waals surface area contributed by atoms with Gasteiger partial charge in [-0.2, -0.15) is 0 Å². The van der Waals surface area contributed by atoms with Crippen LogP contribution in [-0.2, 0) is 13.0 Å². The Balaban J connectivity index is 1.90. The summed E-state index contributed by atoms with van der Waals surface area (Å²) in [7, 11) is 0. The molecule has 0 aromatic heterocycles. The van der Waals surface area contributed by atoms with Crippen LogP contribution in [0.5, 0.6) is 0 Å². The van der Waals surface area contributed by atoms with Gasteiger partial charge < -0.3 is 15.3 Å². The van der Waals surface area contributed by atoms with Gasteiger partial charge in [0.05, 0.1) is 12.7 Å². The van der Waals surface area contributed by atoms with Crippen LogP contribution in [0.2, 0.25) is 0 Å². The molecule has 0 aliphatic carbocycles. The Labute approximate surface area is 156 Å². The van der Waals surface area contributed by atoms with Crippen LogP contribution in [0, 0.1) is 5.92 Å². The van der Waals surface area contributed by atoms with E-state index >= 15 is 0 Å². The summed E-state index contributed by atoms with van der Waals surface area (Å²) in [5.41, 5.74) is 2.40. The lowest BCUT2D eigenvalue weighted by atomic mass is 9.91. The summed E-state index contributed by atoms with van der Waals surface area (Å²) in [5.74, 6) is 0.241. The van der Waals surface area contributed by atoms with Gasteiger partial charge in [-0.3, -0.25) is 4.90 Å². The number of benzene rings is 2. The third-order valence-electron chi connectivity index (χ3n) is 4.64. The molecule has 142 valence electrons. The zero-order valence-corrected chi connectivity index (χ0v) is 15.4. The van der Waals surface area contributed by atoms with Crippen LogP contribution in [-0.4, -0.2) is 52.6 Å². The monoisotopic (exact) mass is 357 g/mol. The van der Waals surface area contributed by atoms with Crippen molar-refractivity contribution in [3.05, 3.63) is 71.8 Å². The minimum absolute atomic E-state index is 0.0731. The maximum absolute atomic E-state index is 10.6. The number of hydrogen-bond acceptors (Lipinski definition) is 4. The molecule has 0 heterocycles. The highest BCUT2D eigenvalue weighted by Gasteiger charge is 2.18. The summed E-state index contributed by atoms with van der Waals surface area (Å²) in [6.07, 6.45) is 1.71. The fourth-order valence-corrected chi connectivity index (χ4v) is 3.41. The van der Waals surface area contributed by atoms with Crippen molar-refractivity contribution in [1.82, 2.24) is 4.90 Å². The molecule has 2 atom stereocenters. The number of rotatable bonds is 12. The molecule has 0 radical (unpaired) electrons. The van der Waals surface area contributed by atoms with E-state index in [0.29, 0.717) is 32.5 Å². The van der Waals surface area contributed by atoms with E-state index < -0.39 is 6.10 Å². The molecule has 2 unspecified atom stereocenters. The quantitative estimate of drug-likeness (QED) is 0.546. The van der Waals surface area contributed by atoms with Crippen LogP contribution in [0.3, 0.4) is 0 Å². The summed E-state index contributed by atoms with van der Waals surface area (Å²) >= 11 is 0. The van der Waals surface area contributed by atoms with Crippen LogP contribution in [0.15, 0.2) is 60.7 Å². The molecule has 3 N–H and O–H groups in total. The van der Waals surface area contributed by atoms with E-state index in [1.165, 1.54) is 11.1 Å². The minimum atomic E-state index is -0.481. The van der Waals surface area contributed by atoms with E-state index in [9.17, 15) is 15.3 Å². The van der Waals surface area contributed by atoms with E-state index in [4.69, 9.17) is 0 Å². The van der Waals surface area contributed by atoms with E-state index in [2.05, 4.69) is 29.2 Å². The van der Waals surface area contributed by atoms with Crippen molar-refractivity contribution in [1.29, 1.82) is 0 Å². The topological polar surface area (TPSA) is 63.9 Å². The average Bonchev–Trinajstić information content (AvgIpc) is 2.63. The lowest BCUT2D eigenvalue weighted by Gasteiger charge is -2.27. The normalized spacial score (nSPS) is 13.7. The second-order valence-corrected chi connectivity index (χ2v) is 6.90. The number of aliphatic hydroxyl groups is 3. The average molecular weight is 357 g/mol. The van der Waals surface area contributed by atoms with Gasteiger partial charge in [0, 0.05) is 26.2 Å². The SMILES string of the molecule is OCCC(Cc1ccccc1)CC(O)CN(CCO)Cc1ccccc1. The standard InChI is InChI=1S/C22H31NO3/c24-13-11-21(15-19-7-3-1-4-8-19)16-22(26)18-23(12-14-25)17-20-9-5-2-6-10-20/h1-10,21-22,24-26H,11-18H2. The molecule has 4 heteroatoms. The van der Waals surface area contributed by atoms with Crippen molar-refractivity contribution >= 4 is 0 Å². The van der Waals surface area contributed by atoms with Crippen molar-refractivity contribution < 1.29 is 15.3 Å². The summed E-state index contributed by atoms with van der Waals surface area (Å²) in [6.45, 7) is 1.97. The predicted molar refractivity (Wildman–Crippen MR) is 105 cm³/mol. The van der Waals surface area contributed by atoms with E-state index in [0.717, 1.165) is 6.42 Å². The maximum atomic E-state index is 10.6. The van der Waals surface area contributed by atoms with Crippen LogP contribution in [0.1, 0.15) is 24.0 Å². The Morgan fingerprint density at radius 1 is 0.808 bits per heavy atom. The highest BCUT2D eigenvalue weighted by atomic mass is 16.3. The molecule has 0 aliphatic heterocycles. The zero-order chi connectivity index (χ0) is 18.6. The van der Waals surface area contributed by atoms with Crippen molar-refractivity contribution in [3.8, 4) is 0 Å². The predicted octanol–water partition coefficient (Wildman–Crippen LogP) is 2.47. The van der Waals surface area contributed by atoms with Gasteiger partial charge in [0.15, 0.2) is 0 Å². The smallest absolute Gasteiger partial charge is 0.0670 e. The number of hydrogen-bond donors (Lipinski definition) is 3. The van der Waals surface area contributed by atoms with Gasteiger partial charge in [0.2, 0.25) is 0 Å². The molecule has 0 saturated carbocycles. The first-order chi connectivity index (χ1) is 12.7. The lowest BCUT2D eigenvalue weighted by molar-refractivity contribution is 0.0738. The molecule has 26 heavy (non-hydrogen) atoms. The second kappa shape index (κ2) is 11.8. The first-order valence-corrected chi connectivity index (χ1v) is 9.41. The summed E-state index contributed by atoms with van der Waals surface area (Å²) in [6, 6.07) is 20.3. The van der Waals surface area contributed by atoms with E-state index in [1.807, 2.05) is 36.4 Å². The Morgan fingerprint density at radius 3 is 2.00 bits per heavy atom. The third kappa shape index (κ3) is 7.67. The van der Waals surface area contributed by atoms with Crippen LogP contribution in [0.25, 0.3) is 0 Å². The third-order valence-corrected chi connectivity index (χ3v) is 4.64. The van der Waals surface area contributed by atoms with E-state index in [1.54, 1.807) is 0 Å². The second-order valence-electron chi connectivity index (χ2n) is 6.90. The Kier molecular flexibility index (Phi) is 9.35. The fraction of sp³-hybridized carbons (Fsp3) is 0.455. The van der Waals surface area contributed by atoms with Gasteiger partial charge in [-0.15, -0.1) is 0 Å². The summed E-state index contributed by atoms with van der Waals surface area (Å²) < 4.78 is 0. The molecule has 0 fully saturated rings.